The number of rotatable bonds is 3. The molecule has 0 aliphatic rings. The Labute approximate surface area is 97.8 Å². The third kappa shape index (κ3) is 1.74. The summed E-state index contributed by atoms with van der Waals surface area (Å²) in [4.78, 5) is 1.06. The summed E-state index contributed by atoms with van der Waals surface area (Å²) in [6, 6.07) is 5.88. The molecule has 0 spiro atoms. The second-order valence-corrected chi connectivity index (χ2v) is 3.99. The highest BCUT2D eigenvalue weighted by Gasteiger charge is 2.14. The Bertz CT molecular complexity index is 496. The number of methoxy groups -OCH3 is 1. The third-order valence-electron chi connectivity index (χ3n) is 2.29. The van der Waals surface area contributed by atoms with Gasteiger partial charge in [0.2, 0.25) is 5.88 Å². The van der Waals surface area contributed by atoms with Gasteiger partial charge in [-0.25, -0.2) is 0 Å². The van der Waals surface area contributed by atoms with Gasteiger partial charge in [-0.3, -0.25) is 0 Å². The molecule has 1 aromatic heterocycles. The van der Waals surface area contributed by atoms with Crippen LogP contribution in [0.2, 0.25) is 0 Å². The van der Waals surface area contributed by atoms with Gasteiger partial charge in [0.05, 0.1) is 18.9 Å². The lowest BCUT2D eigenvalue weighted by molar-refractivity contribution is 0.406. The highest BCUT2D eigenvalue weighted by molar-refractivity contribution is 7.98. The Balaban J connectivity index is 2.61. The van der Waals surface area contributed by atoms with E-state index in [0.717, 1.165) is 21.8 Å². The minimum absolute atomic E-state index is 0.302. The Morgan fingerprint density at radius 2 is 2.19 bits per heavy atom. The molecule has 0 bridgehead atoms. The number of hydrogen-bond acceptors (Lipinski definition) is 5. The van der Waals surface area contributed by atoms with Gasteiger partial charge in [-0.1, -0.05) is 17.3 Å². The number of nitrogens with zero attached hydrogens (tertiary/aromatic N) is 1. The molecule has 0 aliphatic carbocycles. The average Bonchev–Trinajstić information content (AvgIpc) is 2.74. The zero-order chi connectivity index (χ0) is 11.5. The Kier molecular flexibility index (Phi) is 3.05. The molecule has 1 aromatic carbocycles. The molecule has 2 aromatic rings. The van der Waals surface area contributed by atoms with Crippen LogP contribution in [0.3, 0.4) is 0 Å². The van der Waals surface area contributed by atoms with Crippen LogP contribution in [0.15, 0.2) is 33.8 Å². The molecule has 16 heavy (non-hydrogen) atoms. The van der Waals surface area contributed by atoms with Gasteiger partial charge in [0.15, 0.2) is 0 Å². The molecule has 0 saturated heterocycles. The van der Waals surface area contributed by atoms with Gasteiger partial charge in [-0.05, 0) is 12.3 Å². The number of para-hydroxylation sites is 1. The van der Waals surface area contributed by atoms with Crippen molar-refractivity contribution in [2.75, 3.05) is 19.1 Å². The summed E-state index contributed by atoms with van der Waals surface area (Å²) in [7, 11) is 1.64. The average molecular weight is 236 g/mol. The zero-order valence-electron chi connectivity index (χ0n) is 9.06. The summed E-state index contributed by atoms with van der Waals surface area (Å²) in [6.45, 7) is 0. The van der Waals surface area contributed by atoms with Crippen molar-refractivity contribution in [1.82, 2.24) is 5.16 Å². The fourth-order valence-electron chi connectivity index (χ4n) is 1.55. The van der Waals surface area contributed by atoms with Gasteiger partial charge in [-0.15, -0.1) is 11.8 Å². The molecule has 4 nitrogen and oxygen atoms in total. The Hall–Kier alpha value is -1.62. The lowest BCUT2D eigenvalue weighted by atomic mass is 10.1. The summed E-state index contributed by atoms with van der Waals surface area (Å²) in [5.41, 5.74) is 7.35. The van der Waals surface area contributed by atoms with Crippen molar-refractivity contribution in [2.24, 2.45) is 0 Å². The van der Waals surface area contributed by atoms with Crippen LogP contribution < -0.4 is 10.5 Å². The van der Waals surface area contributed by atoms with E-state index in [1.54, 1.807) is 25.1 Å². The Morgan fingerprint density at radius 1 is 1.38 bits per heavy atom. The summed E-state index contributed by atoms with van der Waals surface area (Å²) < 4.78 is 10.3. The number of nitrogens with two attached hydrogens (primary N) is 1. The largest absolute Gasteiger partial charge is 0.495 e. The lowest BCUT2D eigenvalue weighted by Gasteiger charge is -2.10. The van der Waals surface area contributed by atoms with E-state index in [1.807, 2.05) is 24.5 Å². The molecule has 0 saturated carbocycles. The van der Waals surface area contributed by atoms with Crippen LogP contribution in [0.5, 0.6) is 5.75 Å². The van der Waals surface area contributed by atoms with E-state index in [1.165, 1.54) is 0 Å². The van der Waals surface area contributed by atoms with Gasteiger partial charge in [0.1, 0.15) is 5.75 Å². The first-order chi connectivity index (χ1) is 7.77. The summed E-state index contributed by atoms with van der Waals surface area (Å²) in [6.07, 6.45) is 3.59. The highest BCUT2D eigenvalue weighted by Crippen LogP contribution is 2.39. The van der Waals surface area contributed by atoms with Crippen molar-refractivity contribution in [3.05, 3.63) is 24.4 Å². The molecule has 0 unspecified atom stereocenters. The molecule has 0 amide bonds. The van der Waals surface area contributed by atoms with Crippen molar-refractivity contribution in [2.45, 2.75) is 4.90 Å². The maximum Gasteiger partial charge on any atom is 0.230 e. The summed E-state index contributed by atoms with van der Waals surface area (Å²) in [5, 5.41) is 3.67. The maximum atomic E-state index is 5.70. The smallest absolute Gasteiger partial charge is 0.230 e. The Morgan fingerprint density at radius 3 is 2.75 bits per heavy atom. The van der Waals surface area contributed by atoms with E-state index in [9.17, 15) is 0 Å². The molecule has 0 aliphatic heterocycles. The second-order valence-electron chi connectivity index (χ2n) is 3.14. The fourth-order valence-corrected chi connectivity index (χ4v) is 2.14. The molecular weight excluding hydrogens is 224 g/mol. The van der Waals surface area contributed by atoms with Gasteiger partial charge < -0.3 is 15.0 Å². The minimum Gasteiger partial charge on any atom is -0.495 e. The number of aromatic nitrogens is 1. The van der Waals surface area contributed by atoms with Gasteiger partial charge in [-0.2, -0.15) is 0 Å². The number of ether oxygens (including phenoxy) is 1. The maximum absolute atomic E-state index is 5.70. The topological polar surface area (TPSA) is 61.3 Å². The molecule has 2 N–H and O–H groups in total. The van der Waals surface area contributed by atoms with E-state index in [2.05, 4.69) is 5.16 Å². The second kappa shape index (κ2) is 4.49. The van der Waals surface area contributed by atoms with Crippen LogP contribution in [-0.2, 0) is 0 Å². The van der Waals surface area contributed by atoms with Crippen LogP contribution in [0, 0.1) is 0 Å². The highest BCUT2D eigenvalue weighted by atomic mass is 32.2. The molecular formula is C11H12N2O2S. The van der Waals surface area contributed by atoms with Crippen molar-refractivity contribution < 1.29 is 9.26 Å². The monoisotopic (exact) mass is 236 g/mol. The van der Waals surface area contributed by atoms with E-state index >= 15 is 0 Å². The number of benzene rings is 1. The number of thioether (sulfide) groups is 1. The first-order valence-corrected chi connectivity index (χ1v) is 5.92. The molecule has 1 heterocycles. The number of hydrogen-bond donors (Lipinski definition) is 1. The SMILES string of the molecule is COc1c(SC)cccc1-c1cnoc1N. The van der Waals surface area contributed by atoms with Crippen LogP contribution in [-0.4, -0.2) is 18.5 Å². The molecule has 84 valence electrons. The van der Waals surface area contributed by atoms with E-state index < -0.39 is 0 Å². The van der Waals surface area contributed by atoms with Gasteiger partial charge >= 0.3 is 0 Å². The molecule has 2 rings (SSSR count). The van der Waals surface area contributed by atoms with Crippen LogP contribution in [0.4, 0.5) is 5.88 Å². The van der Waals surface area contributed by atoms with Gasteiger partial charge in [0.25, 0.3) is 0 Å². The van der Waals surface area contributed by atoms with Crippen molar-refractivity contribution >= 4 is 17.6 Å². The first kappa shape index (κ1) is 10.9. The van der Waals surface area contributed by atoms with E-state index in [4.69, 9.17) is 15.0 Å². The molecule has 0 fully saturated rings. The van der Waals surface area contributed by atoms with E-state index in [0.29, 0.717) is 5.88 Å². The minimum atomic E-state index is 0.302. The standard InChI is InChI=1S/C11H12N2O2S/c1-14-10-7(4-3-5-9(10)16-2)8-6-13-15-11(8)12/h3-6H,12H2,1-2H3. The van der Waals surface area contributed by atoms with Crippen LogP contribution in [0.25, 0.3) is 11.1 Å². The molecule has 0 radical (unpaired) electrons. The number of nitrogen functional groups attached to an aromatic ring is 1. The van der Waals surface area contributed by atoms with Crippen LogP contribution in [0.1, 0.15) is 0 Å². The van der Waals surface area contributed by atoms with Crippen molar-refractivity contribution in [3.63, 3.8) is 0 Å². The van der Waals surface area contributed by atoms with E-state index in [-0.39, 0.29) is 0 Å². The molecule has 5 heteroatoms. The number of anilines is 1. The zero-order valence-corrected chi connectivity index (χ0v) is 9.88. The fraction of sp³-hybridized carbons (Fsp3) is 0.182. The quantitative estimate of drug-likeness (QED) is 0.830. The van der Waals surface area contributed by atoms with Gasteiger partial charge in [0, 0.05) is 10.5 Å². The van der Waals surface area contributed by atoms with Crippen molar-refractivity contribution in [1.29, 1.82) is 0 Å². The van der Waals surface area contributed by atoms with Crippen LogP contribution >= 0.6 is 11.8 Å². The lowest BCUT2D eigenvalue weighted by Crippen LogP contribution is -1.92. The third-order valence-corrected chi connectivity index (χ3v) is 3.05. The van der Waals surface area contributed by atoms with Crippen molar-refractivity contribution in [3.8, 4) is 16.9 Å². The first-order valence-electron chi connectivity index (χ1n) is 4.69. The predicted molar refractivity (Wildman–Crippen MR) is 64.7 cm³/mol. The summed E-state index contributed by atoms with van der Waals surface area (Å²) in [5.74, 6) is 1.10. The summed E-state index contributed by atoms with van der Waals surface area (Å²) >= 11 is 1.62. The normalized spacial score (nSPS) is 10.4. The predicted octanol–water partition coefficient (Wildman–Crippen LogP) is 2.65. The molecule has 0 atom stereocenters.